The molecule has 1 heterocycles. The van der Waals surface area contributed by atoms with Gasteiger partial charge in [0.05, 0.1) is 5.56 Å². The number of aromatic nitrogens is 1. The molecule has 1 aromatic heterocycles. The lowest BCUT2D eigenvalue weighted by molar-refractivity contribution is 0.0827. The summed E-state index contributed by atoms with van der Waals surface area (Å²) in [4.78, 5) is 17.7. The fourth-order valence-electron chi connectivity index (χ4n) is 2.94. The number of pyridine rings is 1. The first-order valence-electron chi connectivity index (χ1n) is 7.48. The van der Waals surface area contributed by atoms with Crippen LogP contribution in [-0.4, -0.2) is 36.4 Å². The van der Waals surface area contributed by atoms with Crippen LogP contribution in [0.4, 0.5) is 5.82 Å². The summed E-state index contributed by atoms with van der Waals surface area (Å²) in [5.41, 5.74) is 1.08. The third kappa shape index (κ3) is 3.30. The van der Waals surface area contributed by atoms with Crippen LogP contribution in [-0.2, 0) is 0 Å². The number of nitrogens with zero attached hydrogens (tertiary/aromatic N) is 2. The first-order valence-corrected chi connectivity index (χ1v) is 7.48. The Bertz CT molecular complexity index is 447. The molecule has 4 heteroatoms. The Balaban J connectivity index is 1.95. The van der Waals surface area contributed by atoms with E-state index in [0.29, 0.717) is 11.0 Å². The highest BCUT2D eigenvalue weighted by Crippen LogP contribution is 2.40. The summed E-state index contributed by atoms with van der Waals surface area (Å²) < 4.78 is 0. The van der Waals surface area contributed by atoms with Gasteiger partial charge in [-0.15, -0.1) is 0 Å². The lowest BCUT2D eigenvalue weighted by atomic mass is 9.83. The molecule has 0 radical (unpaired) electrons. The van der Waals surface area contributed by atoms with Crippen molar-refractivity contribution in [2.24, 2.45) is 5.41 Å². The van der Waals surface area contributed by atoms with Gasteiger partial charge in [-0.3, -0.25) is 4.79 Å². The van der Waals surface area contributed by atoms with E-state index in [1.807, 2.05) is 12.1 Å². The van der Waals surface area contributed by atoms with E-state index in [2.05, 4.69) is 17.2 Å². The van der Waals surface area contributed by atoms with Crippen LogP contribution in [0.3, 0.4) is 0 Å². The first-order chi connectivity index (χ1) is 9.56. The largest absolute Gasteiger partial charge is 0.370 e. The van der Waals surface area contributed by atoms with E-state index < -0.39 is 0 Å². The number of nitrogens with one attached hydrogen (secondary N) is 1. The van der Waals surface area contributed by atoms with Gasteiger partial charge in [0.25, 0.3) is 5.91 Å². The quantitative estimate of drug-likeness (QED) is 0.897. The highest BCUT2D eigenvalue weighted by Gasteiger charge is 2.31. The number of carbonyl (C=O) groups excluding carboxylic acids is 1. The first kappa shape index (κ1) is 14.8. The summed E-state index contributed by atoms with van der Waals surface area (Å²) in [5.74, 6) is 0.852. The van der Waals surface area contributed by atoms with Crippen LogP contribution in [0.15, 0.2) is 18.3 Å². The van der Waals surface area contributed by atoms with Crippen molar-refractivity contribution in [3.8, 4) is 0 Å². The second-order valence-electron chi connectivity index (χ2n) is 6.05. The number of amides is 1. The Morgan fingerprint density at radius 1 is 1.35 bits per heavy atom. The Morgan fingerprint density at radius 3 is 2.55 bits per heavy atom. The molecule has 20 heavy (non-hydrogen) atoms. The van der Waals surface area contributed by atoms with Gasteiger partial charge in [-0.2, -0.15) is 0 Å². The van der Waals surface area contributed by atoms with Gasteiger partial charge in [0, 0.05) is 26.8 Å². The van der Waals surface area contributed by atoms with Crippen molar-refractivity contribution in [2.45, 2.75) is 39.0 Å². The van der Waals surface area contributed by atoms with Crippen LogP contribution >= 0.6 is 0 Å². The molecule has 0 aromatic carbocycles. The minimum atomic E-state index is -0.00938. The average molecular weight is 275 g/mol. The maximum atomic E-state index is 11.8. The molecule has 110 valence electrons. The highest BCUT2D eigenvalue weighted by atomic mass is 16.2. The summed E-state index contributed by atoms with van der Waals surface area (Å²) in [5, 5.41) is 3.44. The standard InChI is InChI=1S/C16H25N3O/c1-4-16(9-5-6-10-16)12-18-14-8-7-13(11-17-14)15(20)19(2)3/h7-8,11H,4-6,9-10,12H2,1-3H3,(H,17,18). The molecule has 1 aliphatic rings. The summed E-state index contributed by atoms with van der Waals surface area (Å²) >= 11 is 0. The van der Waals surface area contributed by atoms with Gasteiger partial charge in [-0.05, 0) is 36.8 Å². The van der Waals surface area contributed by atoms with Crippen LogP contribution in [0, 0.1) is 5.41 Å². The molecule has 1 saturated carbocycles. The van der Waals surface area contributed by atoms with Crippen molar-refractivity contribution in [1.29, 1.82) is 0 Å². The minimum Gasteiger partial charge on any atom is -0.370 e. The zero-order valence-electron chi connectivity index (χ0n) is 12.8. The summed E-state index contributed by atoms with van der Waals surface area (Å²) in [6.45, 7) is 3.26. The number of carbonyl (C=O) groups is 1. The molecule has 4 nitrogen and oxygen atoms in total. The number of hydrogen-bond donors (Lipinski definition) is 1. The summed E-state index contributed by atoms with van der Waals surface area (Å²) in [6, 6.07) is 3.74. The van der Waals surface area contributed by atoms with E-state index in [4.69, 9.17) is 0 Å². The van der Waals surface area contributed by atoms with Crippen molar-refractivity contribution in [3.05, 3.63) is 23.9 Å². The molecule has 1 fully saturated rings. The van der Waals surface area contributed by atoms with Gasteiger partial charge in [-0.25, -0.2) is 4.98 Å². The topological polar surface area (TPSA) is 45.2 Å². The van der Waals surface area contributed by atoms with Crippen LogP contribution in [0.25, 0.3) is 0 Å². The summed E-state index contributed by atoms with van der Waals surface area (Å²) in [7, 11) is 3.50. The molecule has 1 amide bonds. The number of hydrogen-bond acceptors (Lipinski definition) is 3. The maximum Gasteiger partial charge on any atom is 0.254 e. The Labute approximate surface area is 121 Å². The van der Waals surface area contributed by atoms with Gasteiger partial charge in [0.2, 0.25) is 0 Å². The van der Waals surface area contributed by atoms with Gasteiger partial charge >= 0.3 is 0 Å². The maximum absolute atomic E-state index is 11.8. The molecule has 0 saturated heterocycles. The third-order valence-corrected chi connectivity index (χ3v) is 4.48. The van der Waals surface area contributed by atoms with Crippen LogP contribution in [0.2, 0.25) is 0 Å². The molecule has 0 spiro atoms. The van der Waals surface area contributed by atoms with Crippen molar-refractivity contribution in [2.75, 3.05) is 26.0 Å². The lowest BCUT2D eigenvalue weighted by Gasteiger charge is -2.27. The third-order valence-electron chi connectivity index (χ3n) is 4.48. The van der Waals surface area contributed by atoms with E-state index in [-0.39, 0.29) is 5.91 Å². The minimum absolute atomic E-state index is 0.00938. The summed E-state index contributed by atoms with van der Waals surface area (Å²) in [6.07, 6.45) is 8.19. The van der Waals surface area contributed by atoms with Gasteiger partial charge in [-0.1, -0.05) is 19.8 Å². The molecule has 2 rings (SSSR count). The number of anilines is 1. The van der Waals surface area contributed by atoms with Crippen molar-refractivity contribution in [1.82, 2.24) is 9.88 Å². The van der Waals surface area contributed by atoms with Crippen molar-refractivity contribution < 1.29 is 4.79 Å². The molecule has 1 aliphatic carbocycles. The van der Waals surface area contributed by atoms with Crippen LogP contribution in [0.5, 0.6) is 0 Å². The van der Waals surface area contributed by atoms with Crippen LogP contribution < -0.4 is 5.32 Å². The molecular weight excluding hydrogens is 250 g/mol. The SMILES string of the molecule is CCC1(CNc2ccc(C(=O)N(C)C)cn2)CCCC1. The normalized spacial score (nSPS) is 16.9. The Hall–Kier alpha value is -1.58. The molecule has 1 N–H and O–H groups in total. The van der Waals surface area contributed by atoms with Gasteiger partial charge < -0.3 is 10.2 Å². The van der Waals surface area contributed by atoms with E-state index >= 15 is 0 Å². The van der Waals surface area contributed by atoms with Crippen LogP contribution in [0.1, 0.15) is 49.4 Å². The molecule has 0 unspecified atom stereocenters. The zero-order chi connectivity index (χ0) is 14.6. The second kappa shape index (κ2) is 6.25. The predicted molar refractivity (Wildman–Crippen MR) is 81.9 cm³/mol. The van der Waals surface area contributed by atoms with Crippen molar-refractivity contribution in [3.63, 3.8) is 0 Å². The monoisotopic (exact) mass is 275 g/mol. The molecule has 0 atom stereocenters. The Morgan fingerprint density at radius 2 is 2.05 bits per heavy atom. The highest BCUT2D eigenvalue weighted by molar-refractivity contribution is 5.93. The molecule has 0 bridgehead atoms. The van der Waals surface area contributed by atoms with E-state index in [1.54, 1.807) is 25.2 Å². The van der Waals surface area contributed by atoms with Gasteiger partial charge in [0.1, 0.15) is 5.82 Å². The van der Waals surface area contributed by atoms with Crippen molar-refractivity contribution >= 4 is 11.7 Å². The number of rotatable bonds is 5. The van der Waals surface area contributed by atoms with E-state index in [1.165, 1.54) is 32.1 Å². The van der Waals surface area contributed by atoms with E-state index in [0.717, 1.165) is 12.4 Å². The fourth-order valence-corrected chi connectivity index (χ4v) is 2.94. The molecule has 0 aliphatic heterocycles. The fraction of sp³-hybridized carbons (Fsp3) is 0.625. The average Bonchev–Trinajstić information content (AvgIpc) is 2.94. The van der Waals surface area contributed by atoms with E-state index in [9.17, 15) is 4.79 Å². The Kier molecular flexibility index (Phi) is 4.63. The molecule has 1 aromatic rings. The lowest BCUT2D eigenvalue weighted by Crippen LogP contribution is -2.26. The smallest absolute Gasteiger partial charge is 0.254 e. The zero-order valence-corrected chi connectivity index (χ0v) is 12.8. The second-order valence-corrected chi connectivity index (χ2v) is 6.05. The molecular formula is C16H25N3O. The predicted octanol–water partition coefficient (Wildman–Crippen LogP) is 3.17. The van der Waals surface area contributed by atoms with Gasteiger partial charge in [0.15, 0.2) is 0 Å².